The number of methoxy groups -OCH3 is 1. The summed E-state index contributed by atoms with van der Waals surface area (Å²) in [7, 11) is 1.62. The summed E-state index contributed by atoms with van der Waals surface area (Å²) in [5.74, 6) is 1.60. The first kappa shape index (κ1) is 13.6. The Bertz CT molecular complexity index is 496. The van der Waals surface area contributed by atoms with E-state index < -0.39 is 6.10 Å². The highest BCUT2D eigenvalue weighted by Crippen LogP contribution is 2.21. The summed E-state index contributed by atoms with van der Waals surface area (Å²) < 4.78 is 10.4. The molecule has 1 heterocycles. The van der Waals surface area contributed by atoms with Crippen molar-refractivity contribution in [1.29, 1.82) is 0 Å². The summed E-state index contributed by atoms with van der Waals surface area (Å²) in [6.07, 6.45) is 1.05. The maximum absolute atomic E-state index is 10.3. The molecule has 1 aromatic carbocycles. The topological polar surface area (TPSA) is 54.6 Å². The molecule has 0 aliphatic rings. The smallest absolute Gasteiger partial charge is 0.119 e. The lowest BCUT2D eigenvalue weighted by Gasteiger charge is -2.20. The van der Waals surface area contributed by atoms with Crippen LogP contribution in [0.5, 0.6) is 5.75 Å². The quantitative estimate of drug-likeness (QED) is 0.839. The Hall–Kier alpha value is -1.78. The zero-order chi connectivity index (χ0) is 13.7. The molecule has 2 atom stereocenters. The average Bonchev–Trinajstić information content (AvgIpc) is 2.97. The van der Waals surface area contributed by atoms with E-state index in [0.29, 0.717) is 6.54 Å². The molecule has 19 heavy (non-hydrogen) atoms. The molecule has 102 valence electrons. The minimum atomic E-state index is -0.593. The van der Waals surface area contributed by atoms with Gasteiger partial charge in [0.05, 0.1) is 26.0 Å². The van der Waals surface area contributed by atoms with Crippen LogP contribution in [0.3, 0.4) is 0 Å². The normalized spacial score (nSPS) is 14.1. The maximum Gasteiger partial charge on any atom is 0.119 e. The van der Waals surface area contributed by atoms with Crippen molar-refractivity contribution in [2.75, 3.05) is 7.11 Å². The number of hydrogen-bond acceptors (Lipinski definition) is 4. The van der Waals surface area contributed by atoms with Crippen LogP contribution < -0.4 is 10.1 Å². The molecule has 0 fully saturated rings. The Morgan fingerprint density at radius 3 is 2.84 bits per heavy atom. The summed E-state index contributed by atoms with van der Waals surface area (Å²) in [5.41, 5.74) is 0.832. The van der Waals surface area contributed by atoms with Crippen LogP contribution in [0.4, 0.5) is 0 Å². The minimum Gasteiger partial charge on any atom is -0.497 e. The number of rotatable bonds is 6. The van der Waals surface area contributed by atoms with Gasteiger partial charge >= 0.3 is 0 Å². The van der Waals surface area contributed by atoms with Crippen molar-refractivity contribution in [1.82, 2.24) is 5.32 Å². The Morgan fingerprint density at radius 1 is 1.32 bits per heavy atom. The second-order valence-corrected chi connectivity index (χ2v) is 4.47. The van der Waals surface area contributed by atoms with Crippen molar-refractivity contribution in [3.05, 3.63) is 54.0 Å². The molecule has 2 unspecified atom stereocenters. The summed E-state index contributed by atoms with van der Waals surface area (Å²) in [6.45, 7) is 2.53. The van der Waals surface area contributed by atoms with E-state index in [1.54, 1.807) is 13.4 Å². The van der Waals surface area contributed by atoms with Crippen molar-refractivity contribution in [3.8, 4) is 5.75 Å². The third kappa shape index (κ3) is 3.59. The molecule has 0 aliphatic carbocycles. The van der Waals surface area contributed by atoms with E-state index in [-0.39, 0.29) is 6.04 Å². The summed E-state index contributed by atoms with van der Waals surface area (Å²) in [4.78, 5) is 0. The van der Waals surface area contributed by atoms with Crippen LogP contribution in [0.1, 0.15) is 24.4 Å². The van der Waals surface area contributed by atoms with Crippen LogP contribution in [0, 0.1) is 0 Å². The number of ether oxygens (including phenoxy) is 1. The van der Waals surface area contributed by atoms with E-state index in [1.165, 1.54) is 0 Å². The van der Waals surface area contributed by atoms with Gasteiger partial charge in [0.15, 0.2) is 0 Å². The van der Waals surface area contributed by atoms with Gasteiger partial charge < -0.3 is 19.6 Å². The molecule has 4 heteroatoms. The third-order valence-corrected chi connectivity index (χ3v) is 3.09. The number of aliphatic hydroxyl groups excluding tert-OH is 1. The predicted molar refractivity (Wildman–Crippen MR) is 73.0 cm³/mol. The zero-order valence-electron chi connectivity index (χ0n) is 11.2. The molecule has 0 saturated carbocycles. The first-order valence-corrected chi connectivity index (χ1v) is 6.28. The van der Waals surface area contributed by atoms with Gasteiger partial charge in [-0.25, -0.2) is 0 Å². The Balaban J connectivity index is 1.95. The van der Waals surface area contributed by atoms with Crippen molar-refractivity contribution in [2.45, 2.75) is 25.6 Å². The molecule has 2 N–H and O–H groups in total. The highest BCUT2D eigenvalue weighted by Gasteiger charge is 2.16. The second kappa shape index (κ2) is 6.41. The third-order valence-electron chi connectivity index (χ3n) is 3.09. The highest BCUT2D eigenvalue weighted by molar-refractivity contribution is 5.30. The van der Waals surface area contributed by atoms with Gasteiger partial charge in [0.2, 0.25) is 0 Å². The van der Waals surface area contributed by atoms with Gasteiger partial charge in [-0.15, -0.1) is 0 Å². The molecule has 2 aromatic rings. The number of nitrogens with one attached hydrogen (secondary N) is 1. The average molecular weight is 261 g/mol. The summed E-state index contributed by atoms with van der Waals surface area (Å²) in [6, 6.07) is 11.1. The van der Waals surface area contributed by atoms with Crippen LogP contribution >= 0.6 is 0 Å². The zero-order valence-corrected chi connectivity index (χ0v) is 11.2. The van der Waals surface area contributed by atoms with Gasteiger partial charge in [0, 0.05) is 6.04 Å². The van der Waals surface area contributed by atoms with Gasteiger partial charge in [-0.1, -0.05) is 12.1 Å². The van der Waals surface area contributed by atoms with Crippen molar-refractivity contribution < 1.29 is 14.3 Å². The maximum atomic E-state index is 10.3. The first-order valence-electron chi connectivity index (χ1n) is 6.28. The number of hydrogen-bond donors (Lipinski definition) is 2. The molecular weight excluding hydrogens is 242 g/mol. The SMILES string of the molecule is COc1cccc(C(O)C(C)NCc2ccco2)c1. The molecule has 2 rings (SSSR count). The number of benzene rings is 1. The molecule has 0 amide bonds. The van der Waals surface area contributed by atoms with Gasteiger partial charge in [0.1, 0.15) is 11.5 Å². The first-order chi connectivity index (χ1) is 9.20. The fourth-order valence-corrected chi connectivity index (χ4v) is 1.90. The number of aliphatic hydroxyl groups is 1. The Kier molecular flexibility index (Phi) is 4.60. The van der Waals surface area contributed by atoms with Crippen molar-refractivity contribution in [2.24, 2.45) is 0 Å². The van der Waals surface area contributed by atoms with Crippen LogP contribution in [-0.4, -0.2) is 18.3 Å². The molecule has 0 radical (unpaired) electrons. The lowest BCUT2D eigenvalue weighted by Crippen LogP contribution is -2.31. The summed E-state index contributed by atoms with van der Waals surface area (Å²) >= 11 is 0. The van der Waals surface area contributed by atoms with E-state index in [4.69, 9.17) is 9.15 Å². The van der Waals surface area contributed by atoms with Gasteiger partial charge in [0.25, 0.3) is 0 Å². The number of furan rings is 1. The molecule has 0 saturated heterocycles. The highest BCUT2D eigenvalue weighted by atomic mass is 16.5. The van der Waals surface area contributed by atoms with Crippen LogP contribution in [0.15, 0.2) is 47.1 Å². The lowest BCUT2D eigenvalue weighted by molar-refractivity contribution is 0.134. The molecule has 0 aliphatic heterocycles. The Morgan fingerprint density at radius 2 is 2.16 bits per heavy atom. The van der Waals surface area contributed by atoms with E-state index in [1.807, 2.05) is 43.3 Å². The Labute approximate surface area is 113 Å². The fourth-order valence-electron chi connectivity index (χ4n) is 1.90. The minimum absolute atomic E-state index is 0.0859. The van der Waals surface area contributed by atoms with E-state index >= 15 is 0 Å². The summed E-state index contributed by atoms with van der Waals surface area (Å²) in [5, 5.41) is 13.5. The standard InChI is InChI=1S/C15H19NO3/c1-11(16-10-14-7-4-8-19-14)15(17)12-5-3-6-13(9-12)18-2/h3-9,11,15-17H,10H2,1-2H3. The van der Waals surface area contributed by atoms with Gasteiger partial charge in [-0.2, -0.15) is 0 Å². The molecule has 0 bridgehead atoms. The van der Waals surface area contributed by atoms with Crippen molar-refractivity contribution in [3.63, 3.8) is 0 Å². The lowest BCUT2D eigenvalue weighted by atomic mass is 10.0. The second-order valence-electron chi connectivity index (χ2n) is 4.47. The predicted octanol–water partition coefficient (Wildman–Crippen LogP) is 2.50. The molecule has 1 aromatic heterocycles. The monoisotopic (exact) mass is 261 g/mol. The van der Waals surface area contributed by atoms with Crippen LogP contribution in [0.2, 0.25) is 0 Å². The van der Waals surface area contributed by atoms with Crippen molar-refractivity contribution >= 4 is 0 Å². The van der Waals surface area contributed by atoms with E-state index in [0.717, 1.165) is 17.1 Å². The molecule has 0 spiro atoms. The fraction of sp³-hybridized carbons (Fsp3) is 0.333. The van der Waals surface area contributed by atoms with Crippen LogP contribution in [-0.2, 0) is 6.54 Å². The van der Waals surface area contributed by atoms with Gasteiger partial charge in [-0.3, -0.25) is 0 Å². The largest absolute Gasteiger partial charge is 0.497 e. The molecule has 4 nitrogen and oxygen atoms in total. The molecular formula is C15H19NO3. The van der Waals surface area contributed by atoms with Gasteiger partial charge in [-0.05, 0) is 36.8 Å². The van der Waals surface area contributed by atoms with E-state index in [2.05, 4.69) is 5.32 Å². The van der Waals surface area contributed by atoms with E-state index in [9.17, 15) is 5.11 Å². The van der Waals surface area contributed by atoms with Crippen LogP contribution in [0.25, 0.3) is 0 Å².